The van der Waals surface area contributed by atoms with Crippen molar-refractivity contribution in [2.75, 3.05) is 5.32 Å². The second-order valence-corrected chi connectivity index (χ2v) is 5.23. The minimum absolute atomic E-state index is 0.230. The molecule has 0 aliphatic heterocycles. The SMILES string of the molecule is Cc1nc2cc(NC(=O)c3cncnc3)ccc2s1. The van der Waals surface area contributed by atoms with E-state index in [0.29, 0.717) is 11.3 Å². The fourth-order valence-electron chi connectivity index (χ4n) is 1.74. The van der Waals surface area contributed by atoms with Gasteiger partial charge in [0, 0.05) is 18.1 Å². The number of thiazole rings is 1. The molecule has 1 aromatic carbocycles. The maximum atomic E-state index is 11.9. The quantitative estimate of drug-likeness (QED) is 0.777. The maximum Gasteiger partial charge on any atom is 0.258 e. The molecule has 0 bridgehead atoms. The average Bonchev–Trinajstić information content (AvgIpc) is 2.79. The van der Waals surface area contributed by atoms with E-state index in [1.54, 1.807) is 11.3 Å². The molecule has 0 saturated heterocycles. The molecule has 0 saturated carbocycles. The van der Waals surface area contributed by atoms with E-state index < -0.39 is 0 Å². The van der Waals surface area contributed by atoms with Crippen LogP contribution in [-0.2, 0) is 0 Å². The van der Waals surface area contributed by atoms with Crippen LogP contribution in [-0.4, -0.2) is 20.9 Å². The zero-order valence-corrected chi connectivity index (χ0v) is 10.9. The lowest BCUT2D eigenvalue weighted by molar-refractivity contribution is 0.102. The van der Waals surface area contributed by atoms with Crippen molar-refractivity contribution < 1.29 is 4.79 Å². The number of nitrogens with zero attached hydrogens (tertiary/aromatic N) is 3. The first-order valence-corrected chi connectivity index (χ1v) is 6.47. The number of hydrogen-bond acceptors (Lipinski definition) is 5. The molecule has 1 amide bonds. The molecule has 3 rings (SSSR count). The zero-order valence-electron chi connectivity index (χ0n) is 10.1. The molecule has 2 heterocycles. The molecule has 6 heteroatoms. The molecular formula is C13H10N4OS. The highest BCUT2D eigenvalue weighted by Gasteiger charge is 2.07. The number of aryl methyl sites for hydroxylation is 1. The van der Waals surface area contributed by atoms with Crippen molar-refractivity contribution in [3.05, 3.63) is 47.5 Å². The van der Waals surface area contributed by atoms with Gasteiger partial charge >= 0.3 is 0 Å². The minimum atomic E-state index is -0.230. The van der Waals surface area contributed by atoms with E-state index in [1.807, 2.05) is 25.1 Å². The predicted octanol–water partition coefficient (Wildman–Crippen LogP) is 2.65. The van der Waals surface area contributed by atoms with Crippen LogP contribution >= 0.6 is 11.3 Å². The van der Waals surface area contributed by atoms with Gasteiger partial charge in [0.25, 0.3) is 5.91 Å². The van der Waals surface area contributed by atoms with Crippen LogP contribution in [0.3, 0.4) is 0 Å². The summed E-state index contributed by atoms with van der Waals surface area (Å²) in [6, 6.07) is 5.68. The highest BCUT2D eigenvalue weighted by Crippen LogP contribution is 2.24. The topological polar surface area (TPSA) is 67.8 Å². The van der Waals surface area contributed by atoms with Crippen LogP contribution in [0.4, 0.5) is 5.69 Å². The zero-order chi connectivity index (χ0) is 13.2. The van der Waals surface area contributed by atoms with Crippen molar-refractivity contribution in [2.45, 2.75) is 6.92 Å². The largest absolute Gasteiger partial charge is 0.322 e. The second kappa shape index (κ2) is 4.74. The number of benzene rings is 1. The van der Waals surface area contributed by atoms with Crippen LogP contribution in [0, 0.1) is 6.92 Å². The van der Waals surface area contributed by atoms with Crippen molar-refractivity contribution in [1.82, 2.24) is 15.0 Å². The Morgan fingerprint density at radius 1 is 1.26 bits per heavy atom. The number of fused-ring (bicyclic) bond motifs is 1. The van der Waals surface area contributed by atoms with Crippen molar-refractivity contribution >= 4 is 33.1 Å². The fraction of sp³-hybridized carbons (Fsp3) is 0.0769. The molecular weight excluding hydrogens is 260 g/mol. The van der Waals surface area contributed by atoms with E-state index in [1.165, 1.54) is 18.7 Å². The molecule has 0 unspecified atom stereocenters. The monoisotopic (exact) mass is 270 g/mol. The number of carbonyl (C=O) groups excluding carboxylic acids is 1. The van der Waals surface area contributed by atoms with E-state index in [2.05, 4.69) is 20.3 Å². The van der Waals surface area contributed by atoms with Gasteiger partial charge in [0.05, 0.1) is 20.8 Å². The van der Waals surface area contributed by atoms with Gasteiger partial charge in [0.2, 0.25) is 0 Å². The third kappa shape index (κ3) is 2.43. The summed E-state index contributed by atoms with van der Waals surface area (Å²) < 4.78 is 1.11. The van der Waals surface area contributed by atoms with Gasteiger partial charge in [0.1, 0.15) is 6.33 Å². The minimum Gasteiger partial charge on any atom is -0.322 e. The summed E-state index contributed by atoms with van der Waals surface area (Å²) in [7, 11) is 0. The van der Waals surface area contributed by atoms with Crippen LogP contribution in [0.15, 0.2) is 36.9 Å². The lowest BCUT2D eigenvalue weighted by atomic mass is 10.2. The first-order valence-electron chi connectivity index (χ1n) is 5.66. The second-order valence-electron chi connectivity index (χ2n) is 4.00. The molecule has 0 radical (unpaired) electrons. The number of rotatable bonds is 2. The van der Waals surface area contributed by atoms with E-state index in [0.717, 1.165) is 15.2 Å². The molecule has 0 aliphatic carbocycles. The summed E-state index contributed by atoms with van der Waals surface area (Å²) in [5.41, 5.74) is 2.04. The summed E-state index contributed by atoms with van der Waals surface area (Å²) in [5, 5.41) is 3.81. The van der Waals surface area contributed by atoms with Crippen molar-refractivity contribution in [3.63, 3.8) is 0 Å². The molecule has 3 aromatic rings. The summed E-state index contributed by atoms with van der Waals surface area (Å²) in [4.78, 5) is 24.0. The number of anilines is 1. The molecule has 0 fully saturated rings. The van der Waals surface area contributed by atoms with Crippen LogP contribution in [0.1, 0.15) is 15.4 Å². The summed E-state index contributed by atoms with van der Waals surface area (Å²) in [6.45, 7) is 1.96. The van der Waals surface area contributed by atoms with Crippen LogP contribution in [0.2, 0.25) is 0 Å². The van der Waals surface area contributed by atoms with Gasteiger partial charge in [-0.05, 0) is 25.1 Å². The first kappa shape index (κ1) is 11.7. The molecule has 2 aromatic heterocycles. The summed E-state index contributed by atoms with van der Waals surface area (Å²) in [5.74, 6) is -0.230. The lowest BCUT2D eigenvalue weighted by Gasteiger charge is -2.04. The maximum absolute atomic E-state index is 11.9. The standard InChI is InChI=1S/C13H10N4OS/c1-8-16-11-4-10(2-3-12(11)19-8)17-13(18)9-5-14-7-15-6-9/h2-7H,1H3,(H,17,18). The summed E-state index contributed by atoms with van der Waals surface area (Å²) >= 11 is 1.63. The van der Waals surface area contributed by atoms with Crippen LogP contribution in [0.25, 0.3) is 10.2 Å². The smallest absolute Gasteiger partial charge is 0.258 e. The molecule has 1 N–H and O–H groups in total. The van der Waals surface area contributed by atoms with Crippen molar-refractivity contribution in [1.29, 1.82) is 0 Å². The molecule has 19 heavy (non-hydrogen) atoms. The lowest BCUT2D eigenvalue weighted by Crippen LogP contribution is -2.12. The van der Waals surface area contributed by atoms with Gasteiger partial charge in [-0.25, -0.2) is 15.0 Å². The van der Waals surface area contributed by atoms with Crippen molar-refractivity contribution in [3.8, 4) is 0 Å². The van der Waals surface area contributed by atoms with E-state index >= 15 is 0 Å². The third-order valence-electron chi connectivity index (χ3n) is 2.58. The predicted molar refractivity (Wildman–Crippen MR) is 74.3 cm³/mol. The number of carbonyl (C=O) groups is 1. The highest BCUT2D eigenvalue weighted by molar-refractivity contribution is 7.18. The first-order chi connectivity index (χ1) is 9.22. The Kier molecular flexibility index (Phi) is 2.92. The average molecular weight is 270 g/mol. The molecule has 94 valence electrons. The van der Waals surface area contributed by atoms with Crippen molar-refractivity contribution in [2.24, 2.45) is 0 Å². The van der Waals surface area contributed by atoms with Gasteiger partial charge in [-0.2, -0.15) is 0 Å². The summed E-state index contributed by atoms with van der Waals surface area (Å²) in [6.07, 6.45) is 4.35. The molecule has 5 nitrogen and oxygen atoms in total. The van der Waals surface area contributed by atoms with Gasteiger partial charge in [0.15, 0.2) is 0 Å². The molecule has 0 aliphatic rings. The Balaban J connectivity index is 1.87. The number of hydrogen-bond donors (Lipinski definition) is 1. The fourth-order valence-corrected chi connectivity index (χ4v) is 2.55. The Bertz CT molecular complexity index is 739. The van der Waals surface area contributed by atoms with Gasteiger partial charge in [-0.15, -0.1) is 11.3 Å². The Labute approximate surface area is 113 Å². The number of aromatic nitrogens is 3. The van der Waals surface area contributed by atoms with E-state index in [-0.39, 0.29) is 5.91 Å². The van der Waals surface area contributed by atoms with Crippen LogP contribution in [0.5, 0.6) is 0 Å². The van der Waals surface area contributed by atoms with E-state index in [4.69, 9.17) is 0 Å². The van der Waals surface area contributed by atoms with Gasteiger partial charge < -0.3 is 5.32 Å². The highest BCUT2D eigenvalue weighted by atomic mass is 32.1. The van der Waals surface area contributed by atoms with Crippen LogP contribution < -0.4 is 5.32 Å². The Hall–Kier alpha value is -2.34. The number of amides is 1. The van der Waals surface area contributed by atoms with E-state index in [9.17, 15) is 4.79 Å². The normalized spacial score (nSPS) is 10.6. The van der Waals surface area contributed by atoms with Gasteiger partial charge in [-0.3, -0.25) is 4.79 Å². The number of nitrogens with one attached hydrogen (secondary N) is 1. The Morgan fingerprint density at radius 2 is 2.05 bits per heavy atom. The van der Waals surface area contributed by atoms with Gasteiger partial charge in [-0.1, -0.05) is 0 Å². The third-order valence-corrected chi connectivity index (χ3v) is 3.53. The Morgan fingerprint density at radius 3 is 2.84 bits per heavy atom. The molecule has 0 spiro atoms. The molecule has 0 atom stereocenters.